The maximum Gasteiger partial charge on any atom is 0.445 e. The quantitative estimate of drug-likeness (QED) is 0.148. The number of alkyl halides is 3. The first-order valence-corrected chi connectivity index (χ1v) is 12.4. The Labute approximate surface area is 214 Å². The minimum absolute atomic E-state index is 0.168. The standard InChI is InChI=1S/C24H21F3N4O3S2/c1-3-33-20-13-16(6-9-19(20)34-10-11-35-18-7-4-15(2)5-8-18)12-17(14-28)21(32)29-23-31-30-22(36-23)24(25,26)27/h4-9,12-13H,3,10-11H2,1-2H3,(H,29,31,32)/b17-12-. The van der Waals surface area contributed by atoms with Crippen molar-refractivity contribution >= 4 is 40.2 Å². The highest BCUT2D eigenvalue weighted by atomic mass is 32.2. The number of hydrogen-bond acceptors (Lipinski definition) is 8. The van der Waals surface area contributed by atoms with Gasteiger partial charge in [0, 0.05) is 10.6 Å². The van der Waals surface area contributed by atoms with Gasteiger partial charge in [0.1, 0.15) is 11.6 Å². The first-order chi connectivity index (χ1) is 17.2. The molecule has 0 aliphatic carbocycles. The van der Waals surface area contributed by atoms with Crippen molar-refractivity contribution in [2.24, 2.45) is 0 Å². The van der Waals surface area contributed by atoms with Gasteiger partial charge in [-0.2, -0.15) is 18.4 Å². The summed E-state index contributed by atoms with van der Waals surface area (Å²) in [6.07, 6.45) is -3.38. The number of aromatic nitrogens is 2. The van der Waals surface area contributed by atoms with Crippen molar-refractivity contribution in [2.75, 3.05) is 24.3 Å². The summed E-state index contributed by atoms with van der Waals surface area (Å²) in [5, 5.41) is 16.3. The molecule has 0 unspecified atom stereocenters. The van der Waals surface area contributed by atoms with E-state index < -0.39 is 17.1 Å². The van der Waals surface area contributed by atoms with Crippen molar-refractivity contribution in [3.63, 3.8) is 0 Å². The second kappa shape index (κ2) is 12.4. The minimum Gasteiger partial charge on any atom is -0.490 e. The number of thioether (sulfide) groups is 1. The van der Waals surface area contributed by atoms with Crippen LogP contribution in [0.25, 0.3) is 6.08 Å². The number of amides is 1. The monoisotopic (exact) mass is 534 g/mol. The molecular weight excluding hydrogens is 513 g/mol. The van der Waals surface area contributed by atoms with E-state index in [0.29, 0.717) is 30.3 Å². The fourth-order valence-corrected chi connectivity index (χ4v) is 4.15. The Bertz CT molecular complexity index is 1270. The van der Waals surface area contributed by atoms with Gasteiger partial charge in [-0.25, -0.2) is 0 Å². The SMILES string of the molecule is CCOc1cc(/C=C(/C#N)C(=O)Nc2nnc(C(F)(F)F)s2)ccc1OCCSc1ccc(C)cc1. The highest BCUT2D eigenvalue weighted by molar-refractivity contribution is 7.99. The zero-order chi connectivity index (χ0) is 26.1. The van der Waals surface area contributed by atoms with Gasteiger partial charge in [0.2, 0.25) is 10.1 Å². The normalized spacial score (nSPS) is 11.6. The summed E-state index contributed by atoms with van der Waals surface area (Å²) >= 11 is 1.83. The molecule has 12 heteroatoms. The van der Waals surface area contributed by atoms with E-state index in [2.05, 4.69) is 27.6 Å². The van der Waals surface area contributed by atoms with Crippen molar-refractivity contribution in [3.05, 3.63) is 64.2 Å². The number of carbonyl (C=O) groups excluding carboxylic acids is 1. The molecule has 3 rings (SSSR count). The lowest BCUT2D eigenvalue weighted by Gasteiger charge is -2.13. The second-order valence-corrected chi connectivity index (χ2v) is 9.33. The van der Waals surface area contributed by atoms with E-state index in [0.717, 1.165) is 10.6 Å². The predicted octanol–water partition coefficient (Wildman–Crippen LogP) is 5.98. The van der Waals surface area contributed by atoms with Crippen molar-refractivity contribution < 1.29 is 27.4 Å². The Morgan fingerprint density at radius 2 is 1.92 bits per heavy atom. The molecule has 2 aromatic carbocycles. The lowest BCUT2D eigenvalue weighted by Crippen LogP contribution is -2.13. The average molecular weight is 535 g/mol. The van der Waals surface area contributed by atoms with Gasteiger partial charge in [-0.05, 0) is 49.8 Å². The van der Waals surface area contributed by atoms with Crippen LogP contribution in [0.5, 0.6) is 11.5 Å². The molecule has 1 heterocycles. The van der Waals surface area contributed by atoms with Gasteiger partial charge in [-0.3, -0.25) is 10.1 Å². The van der Waals surface area contributed by atoms with Crippen LogP contribution >= 0.6 is 23.1 Å². The number of nitrogens with zero attached hydrogens (tertiary/aromatic N) is 3. The molecule has 0 aliphatic heterocycles. The highest BCUT2D eigenvalue weighted by Crippen LogP contribution is 2.33. The van der Waals surface area contributed by atoms with E-state index in [4.69, 9.17) is 9.47 Å². The Hall–Kier alpha value is -3.56. The summed E-state index contributed by atoms with van der Waals surface area (Å²) in [5.74, 6) is 0.753. The van der Waals surface area contributed by atoms with Crippen LogP contribution in [0.3, 0.4) is 0 Å². The molecule has 1 aromatic heterocycles. The third kappa shape index (κ3) is 7.73. The summed E-state index contributed by atoms with van der Waals surface area (Å²) in [6.45, 7) is 4.64. The third-order valence-corrected chi connectivity index (χ3v) is 6.32. The number of carbonyl (C=O) groups is 1. The average Bonchev–Trinajstić information content (AvgIpc) is 3.31. The lowest BCUT2D eigenvalue weighted by atomic mass is 10.1. The van der Waals surface area contributed by atoms with Crippen LogP contribution in [0.2, 0.25) is 0 Å². The van der Waals surface area contributed by atoms with Gasteiger partial charge in [0.15, 0.2) is 11.5 Å². The molecule has 36 heavy (non-hydrogen) atoms. The van der Waals surface area contributed by atoms with Crippen molar-refractivity contribution in [1.29, 1.82) is 5.26 Å². The number of benzene rings is 2. The number of rotatable bonds is 10. The van der Waals surface area contributed by atoms with Crippen LogP contribution in [-0.2, 0) is 11.0 Å². The zero-order valence-corrected chi connectivity index (χ0v) is 20.9. The van der Waals surface area contributed by atoms with Gasteiger partial charge in [0.05, 0.1) is 13.2 Å². The van der Waals surface area contributed by atoms with Crippen LogP contribution < -0.4 is 14.8 Å². The molecule has 188 valence electrons. The molecule has 0 saturated carbocycles. The molecule has 0 fully saturated rings. The lowest BCUT2D eigenvalue weighted by molar-refractivity contribution is -0.138. The number of halogens is 3. The maximum atomic E-state index is 12.7. The van der Waals surface area contributed by atoms with E-state index in [9.17, 15) is 23.2 Å². The molecule has 0 atom stereocenters. The van der Waals surface area contributed by atoms with Crippen molar-refractivity contribution in [1.82, 2.24) is 10.2 Å². The maximum absolute atomic E-state index is 12.7. The van der Waals surface area contributed by atoms with E-state index in [1.165, 1.54) is 11.6 Å². The Kier molecular flexibility index (Phi) is 9.32. The van der Waals surface area contributed by atoms with Gasteiger partial charge in [-0.15, -0.1) is 22.0 Å². The van der Waals surface area contributed by atoms with Gasteiger partial charge in [-0.1, -0.05) is 35.1 Å². The molecule has 1 amide bonds. The number of aryl methyl sites for hydroxylation is 1. The van der Waals surface area contributed by atoms with Crippen molar-refractivity contribution in [2.45, 2.75) is 24.9 Å². The largest absolute Gasteiger partial charge is 0.490 e. The van der Waals surface area contributed by atoms with E-state index in [1.54, 1.807) is 36.0 Å². The number of nitriles is 1. The van der Waals surface area contributed by atoms with Gasteiger partial charge in [0.25, 0.3) is 5.91 Å². The van der Waals surface area contributed by atoms with Gasteiger partial charge >= 0.3 is 6.18 Å². The summed E-state index contributed by atoms with van der Waals surface area (Å²) in [7, 11) is 0. The minimum atomic E-state index is -4.67. The Balaban J connectivity index is 1.66. The highest BCUT2D eigenvalue weighted by Gasteiger charge is 2.35. The van der Waals surface area contributed by atoms with Gasteiger partial charge < -0.3 is 9.47 Å². The number of ether oxygens (including phenoxy) is 2. The molecule has 0 bridgehead atoms. The van der Waals surface area contributed by atoms with E-state index in [-0.39, 0.29) is 22.0 Å². The third-order valence-electron chi connectivity index (χ3n) is 4.46. The van der Waals surface area contributed by atoms with Crippen LogP contribution in [0, 0.1) is 18.3 Å². The number of anilines is 1. The van der Waals surface area contributed by atoms with Crippen LogP contribution in [-0.4, -0.2) is 35.1 Å². The smallest absolute Gasteiger partial charge is 0.445 e. The molecule has 3 aromatic rings. The number of nitrogens with one attached hydrogen (secondary N) is 1. The fourth-order valence-electron chi connectivity index (χ4n) is 2.82. The number of hydrogen-bond donors (Lipinski definition) is 1. The van der Waals surface area contributed by atoms with Crippen LogP contribution in [0.1, 0.15) is 23.1 Å². The fraction of sp³-hybridized carbons (Fsp3) is 0.250. The molecule has 0 aliphatic rings. The summed E-state index contributed by atoms with van der Waals surface area (Å²) in [5.41, 5.74) is 1.34. The zero-order valence-electron chi connectivity index (χ0n) is 19.3. The van der Waals surface area contributed by atoms with Crippen LogP contribution in [0.15, 0.2) is 52.9 Å². The Morgan fingerprint density at radius 1 is 1.17 bits per heavy atom. The van der Waals surface area contributed by atoms with E-state index >= 15 is 0 Å². The molecule has 7 nitrogen and oxygen atoms in total. The van der Waals surface area contributed by atoms with Crippen molar-refractivity contribution in [3.8, 4) is 17.6 Å². The molecule has 0 radical (unpaired) electrons. The summed E-state index contributed by atoms with van der Waals surface area (Å²) in [4.78, 5) is 13.5. The predicted molar refractivity (Wildman–Crippen MR) is 132 cm³/mol. The molecule has 0 saturated heterocycles. The molecule has 1 N–H and O–H groups in total. The second-order valence-electron chi connectivity index (χ2n) is 7.18. The first-order valence-electron chi connectivity index (χ1n) is 10.6. The topological polar surface area (TPSA) is 97.1 Å². The summed E-state index contributed by atoms with van der Waals surface area (Å²) in [6, 6.07) is 14.9. The van der Waals surface area contributed by atoms with Crippen LogP contribution in [0.4, 0.5) is 18.3 Å². The first kappa shape index (κ1) is 27.0. The van der Waals surface area contributed by atoms with E-state index in [1.807, 2.05) is 26.0 Å². The molecule has 0 spiro atoms. The Morgan fingerprint density at radius 3 is 2.56 bits per heavy atom. The summed E-state index contributed by atoms with van der Waals surface area (Å²) < 4.78 is 49.5. The molecular formula is C24H21F3N4O3S2.